The van der Waals surface area contributed by atoms with Crippen LogP contribution in [0.5, 0.6) is 11.6 Å². The average Bonchev–Trinajstić information content (AvgIpc) is 2.88. The lowest BCUT2D eigenvalue weighted by Gasteiger charge is -2.43. The molecule has 0 aliphatic heterocycles. The molecule has 2 atom stereocenters. The lowest BCUT2D eigenvalue weighted by atomic mass is 9.59. The Balaban J connectivity index is 1.47. The van der Waals surface area contributed by atoms with Gasteiger partial charge in [0.1, 0.15) is 5.75 Å². The molecule has 1 aromatic carbocycles. The highest BCUT2D eigenvalue weighted by Crippen LogP contribution is 2.41. The molecule has 4 rings (SSSR count). The number of unbranched alkanes of at least 4 members (excludes halogenated alkanes) is 3. The van der Waals surface area contributed by atoms with E-state index in [1.54, 1.807) is 30.7 Å². The molecule has 7 heteroatoms. The fourth-order valence-corrected chi connectivity index (χ4v) is 4.79. The number of carboxylic acid groups (broad SMARTS) is 1. The number of benzene rings is 1. The fourth-order valence-electron chi connectivity index (χ4n) is 4.79. The summed E-state index contributed by atoms with van der Waals surface area (Å²) in [6, 6.07) is 10.1. The molecule has 2 aromatic heterocycles. The Labute approximate surface area is 211 Å². The number of ether oxygens (including phenoxy) is 1. The zero-order valence-electron chi connectivity index (χ0n) is 21.1. The Morgan fingerprint density at radius 3 is 2.58 bits per heavy atom. The van der Waals surface area contributed by atoms with Crippen LogP contribution in [0.1, 0.15) is 58.4 Å². The van der Waals surface area contributed by atoms with Gasteiger partial charge in [0.15, 0.2) is 11.8 Å². The van der Waals surface area contributed by atoms with E-state index in [4.69, 9.17) is 4.74 Å². The number of fused-ring (bicyclic) bond motifs is 1. The number of Topliss-reactive ketones (excluding diaryl/α,β-unsaturated/α-hetero) is 1. The summed E-state index contributed by atoms with van der Waals surface area (Å²) in [5.41, 5.74) is 0.864. The third-order valence-electron chi connectivity index (χ3n) is 6.93. The molecular weight excluding hydrogens is 454 g/mol. The zero-order chi connectivity index (χ0) is 25.7. The normalized spacial score (nSPS) is 18.7. The number of nitrogens with zero attached hydrogens (tertiary/aromatic N) is 3. The van der Waals surface area contributed by atoms with Gasteiger partial charge in [0.25, 0.3) is 0 Å². The van der Waals surface area contributed by atoms with Gasteiger partial charge >= 0.3 is 5.97 Å². The van der Waals surface area contributed by atoms with Crippen LogP contribution in [0.25, 0.3) is 10.8 Å². The minimum atomic E-state index is -0.991. The maximum absolute atomic E-state index is 12.7. The first-order valence-corrected chi connectivity index (χ1v) is 12.6. The predicted molar refractivity (Wildman–Crippen MR) is 140 cm³/mol. The van der Waals surface area contributed by atoms with E-state index in [0.29, 0.717) is 11.6 Å². The van der Waals surface area contributed by atoms with Gasteiger partial charge in [-0.25, -0.2) is 9.78 Å². The first kappa shape index (κ1) is 25.5. The van der Waals surface area contributed by atoms with E-state index in [-0.39, 0.29) is 18.1 Å². The van der Waals surface area contributed by atoms with Gasteiger partial charge in [-0.1, -0.05) is 44.7 Å². The summed E-state index contributed by atoms with van der Waals surface area (Å²) in [6.07, 6.45) is 10.4. The first-order chi connectivity index (χ1) is 17.3. The highest BCUT2D eigenvalue weighted by atomic mass is 16.5. The van der Waals surface area contributed by atoms with Crippen molar-refractivity contribution >= 4 is 28.2 Å². The lowest BCUT2D eigenvalue weighted by Crippen LogP contribution is -2.56. The quantitative estimate of drug-likeness (QED) is 0.330. The summed E-state index contributed by atoms with van der Waals surface area (Å²) in [7, 11) is 0. The highest BCUT2D eigenvalue weighted by Gasteiger charge is 2.52. The van der Waals surface area contributed by atoms with Gasteiger partial charge in [0.05, 0.1) is 16.7 Å². The predicted octanol–water partition coefficient (Wildman–Crippen LogP) is 6.05. The number of aromatic nitrogens is 2. The van der Waals surface area contributed by atoms with E-state index in [1.165, 1.54) is 0 Å². The molecule has 1 aliphatic rings. The summed E-state index contributed by atoms with van der Waals surface area (Å²) < 4.78 is 5.97. The van der Waals surface area contributed by atoms with E-state index in [9.17, 15) is 14.7 Å². The Hall–Kier alpha value is -3.61. The van der Waals surface area contributed by atoms with Gasteiger partial charge in [-0.2, -0.15) is 0 Å². The van der Waals surface area contributed by atoms with Crippen molar-refractivity contribution in [3.8, 4) is 11.6 Å². The summed E-state index contributed by atoms with van der Waals surface area (Å²) in [4.78, 5) is 37.9. The summed E-state index contributed by atoms with van der Waals surface area (Å²) in [6.45, 7) is 5.84. The van der Waals surface area contributed by atoms with Gasteiger partial charge in [-0.15, -0.1) is 0 Å². The maximum Gasteiger partial charge on any atom is 0.328 e. The van der Waals surface area contributed by atoms with Gasteiger partial charge < -0.3 is 9.84 Å². The summed E-state index contributed by atoms with van der Waals surface area (Å²) in [5.74, 6) is -0.0170. The van der Waals surface area contributed by atoms with Gasteiger partial charge in [-0.3, -0.25) is 14.8 Å². The molecule has 1 unspecified atom stereocenters. The molecule has 0 amide bonds. The zero-order valence-corrected chi connectivity index (χ0v) is 21.1. The van der Waals surface area contributed by atoms with Gasteiger partial charge in [-0.05, 0) is 55.5 Å². The van der Waals surface area contributed by atoms with Crippen molar-refractivity contribution in [2.24, 2.45) is 16.3 Å². The Bertz CT molecular complexity index is 1260. The van der Waals surface area contributed by atoms with Crippen LogP contribution in [-0.2, 0) is 16.0 Å². The summed E-state index contributed by atoms with van der Waals surface area (Å²) in [5, 5.41) is 11.7. The van der Waals surface area contributed by atoms with Crippen molar-refractivity contribution in [2.75, 3.05) is 0 Å². The van der Waals surface area contributed by atoms with E-state index >= 15 is 0 Å². The number of aliphatic imine (C=N–C) groups is 1. The molecule has 2 heterocycles. The standard InChI is InChI=1S/C29H33N3O4/c1-4-5-6-7-8-22-25(29(2,3)26(22)33)32-24(28(34)35)17-19-9-11-21(12-10-19)36-27-23-18-30-15-13-20(23)14-16-31-27/h9-16,18,22,24H,4-8,17H2,1-3H3,(H,34,35)/t22?,24-/m0/s1. The molecule has 0 radical (unpaired) electrons. The smallest absolute Gasteiger partial charge is 0.328 e. The SMILES string of the molecule is CCCCCCC1C(=O)C(C)(C)C1=N[C@@H](Cc1ccc(Oc2nccc3ccncc23)cc1)C(=O)O. The second-order valence-electron chi connectivity index (χ2n) is 9.92. The van der Waals surface area contributed by atoms with E-state index in [2.05, 4.69) is 21.9 Å². The third kappa shape index (κ3) is 5.45. The van der Waals surface area contributed by atoms with Crippen LogP contribution in [0.2, 0.25) is 0 Å². The molecule has 1 N–H and O–H groups in total. The van der Waals surface area contributed by atoms with Crippen LogP contribution in [-0.4, -0.2) is 38.6 Å². The van der Waals surface area contributed by atoms with Crippen molar-refractivity contribution in [3.05, 3.63) is 60.6 Å². The number of carboxylic acids is 1. The molecule has 188 valence electrons. The van der Waals surface area contributed by atoms with Gasteiger partial charge in [0, 0.05) is 30.7 Å². The van der Waals surface area contributed by atoms with Crippen molar-refractivity contribution < 1.29 is 19.4 Å². The number of rotatable bonds is 11. The van der Waals surface area contributed by atoms with Crippen molar-refractivity contribution in [3.63, 3.8) is 0 Å². The monoisotopic (exact) mass is 487 g/mol. The second kappa shape index (κ2) is 11.0. The average molecular weight is 488 g/mol. The van der Waals surface area contributed by atoms with Crippen LogP contribution in [0, 0.1) is 11.3 Å². The Morgan fingerprint density at radius 1 is 1.11 bits per heavy atom. The van der Waals surface area contributed by atoms with Crippen molar-refractivity contribution in [1.82, 2.24) is 9.97 Å². The molecule has 0 bridgehead atoms. The minimum absolute atomic E-state index is 0.167. The number of ketones is 1. The van der Waals surface area contributed by atoms with E-state index in [0.717, 1.165) is 54.2 Å². The van der Waals surface area contributed by atoms with Crippen LogP contribution < -0.4 is 4.74 Å². The maximum atomic E-state index is 12.7. The van der Waals surface area contributed by atoms with Crippen LogP contribution in [0.4, 0.5) is 0 Å². The topological polar surface area (TPSA) is 102 Å². The third-order valence-corrected chi connectivity index (χ3v) is 6.93. The van der Waals surface area contributed by atoms with Crippen LogP contribution in [0.3, 0.4) is 0 Å². The number of aliphatic carboxylic acids is 1. The summed E-state index contributed by atoms with van der Waals surface area (Å²) >= 11 is 0. The molecule has 7 nitrogen and oxygen atoms in total. The lowest BCUT2D eigenvalue weighted by molar-refractivity contribution is -0.138. The highest BCUT2D eigenvalue weighted by molar-refractivity contribution is 6.29. The van der Waals surface area contributed by atoms with Crippen molar-refractivity contribution in [1.29, 1.82) is 0 Å². The largest absolute Gasteiger partial charge is 0.480 e. The number of carbonyl (C=O) groups excluding carboxylic acids is 1. The Morgan fingerprint density at radius 2 is 1.86 bits per heavy atom. The molecule has 3 aromatic rings. The minimum Gasteiger partial charge on any atom is -0.480 e. The van der Waals surface area contributed by atoms with Crippen molar-refractivity contribution in [2.45, 2.75) is 65.3 Å². The molecular formula is C29H33N3O4. The number of hydrogen-bond acceptors (Lipinski definition) is 6. The number of pyridine rings is 2. The van der Waals surface area contributed by atoms with E-state index < -0.39 is 17.4 Å². The molecule has 0 saturated heterocycles. The Kier molecular flexibility index (Phi) is 7.77. The first-order valence-electron chi connectivity index (χ1n) is 12.6. The molecule has 1 saturated carbocycles. The molecule has 0 spiro atoms. The second-order valence-corrected chi connectivity index (χ2v) is 9.92. The molecule has 1 fully saturated rings. The molecule has 36 heavy (non-hydrogen) atoms. The number of hydrogen-bond donors (Lipinski definition) is 1. The van der Waals surface area contributed by atoms with Crippen LogP contribution >= 0.6 is 0 Å². The molecule has 1 aliphatic carbocycles. The number of carbonyl (C=O) groups is 2. The fraction of sp³-hybridized carbons (Fsp3) is 0.414. The van der Waals surface area contributed by atoms with Crippen LogP contribution in [0.15, 0.2) is 60.0 Å². The van der Waals surface area contributed by atoms with Gasteiger partial charge in [0.2, 0.25) is 5.88 Å². The van der Waals surface area contributed by atoms with E-state index in [1.807, 2.05) is 38.1 Å².